The second-order valence-electron chi connectivity index (χ2n) is 5.40. The van der Waals surface area contributed by atoms with E-state index in [0.717, 1.165) is 43.2 Å². The second kappa shape index (κ2) is 5.42. The number of rotatable bonds is 1. The smallest absolute Gasteiger partial charge is 0.153 e. The van der Waals surface area contributed by atoms with Crippen LogP contribution in [0.25, 0.3) is 0 Å². The topological polar surface area (TPSA) is 36.9 Å². The molecule has 2 aliphatic heterocycles. The maximum absolute atomic E-state index is 13.4. The zero-order chi connectivity index (χ0) is 14.9. The van der Waals surface area contributed by atoms with Crippen molar-refractivity contribution in [3.05, 3.63) is 47.8 Å². The predicted octanol–water partition coefficient (Wildman–Crippen LogP) is 3.09. The molecule has 0 atom stereocenters. The van der Waals surface area contributed by atoms with Crippen molar-refractivity contribution >= 4 is 17.6 Å². The third-order valence-electron chi connectivity index (χ3n) is 3.97. The van der Waals surface area contributed by atoms with Crippen molar-refractivity contribution in [2.75, 3.05) is 31.1 Å². The highest BCUT2D eigenvalue weighted by atomic mass is 19.1. The van der Waals surface area contributed by atoms with Gasteiger partial charge in [-0.3, -0.25) is 4.99 Å². The van der Waals surface area contributed by atoms with E-state index in [4.69, 9.17) is 4.74 Å². The van der Waals surface area contributed by atoms with E-state index < -0.39 is 0 Å². The first-order valence-corrected chi connectivity index (χ1v) is 7.41. The molecule has 4 rings (SSSR count). The van der Waals surface area contributed by atoms with E-state index in [1.54, 1.807) is 12.3 Å². The van der Waals surface area contributed by atoms with Crippen LogP contribution in [0.2, 0.25) is 0 Å². The summed E-state index contributed by atoms with van der Waals surface area (Å²) in [7, 11) is 0. The summed E-state index contributed by atoms with van der Waals surface area (Å²) in [4.78, 5) is 6.73. The molecule has 0 aromatic heterocycles. The summed E-state index contributed by atoms with van der Waals surface area (Å²) < 4.78 is 19.3. The third-order valence-corrected chi connectivity index (χ3v) is 3.97. The minimum absolute atomic E-state index is 0.312. The van der Waals surface area contributed by atoms with Gasteiger partial charge >= 0.3 is 0 Å². The van der Waals surface area contributed by atoms with Crippen molar-refractivity contribution in [1.82, 2.24) is 5.32 Å². The molecule has 0 amide bonds. The summed E-state index contributed by atoms with van der Waals surface area (Å²) in [6, 6.07) is 10.4. The van der Waals surface area contributed by atoms with E-state index in [1.165, 1.54) is 12.1 Å². The van der Waals surface area contributed by atoms with Crippen LogP contribution in [-0.2, 0) is 0 Å². The molecular formula is C17H16FN3O. The van der Waals surface area contributed by atoms with E-state index in [0.29, 0.717) is 11.4 Å². The predicted molar refractivity (Wildman–Crippen MR) is 85.3 cm³/mol. The summed E-state index contributed by atoms with van der Waals surface area (Å²) in [5, 5.41) is 3.35. The summed E-state index contributed by atoms with van der Waals surface area (Å²) >= 11 is 0. The van der Waals surface area contributed by atoms with Crippen LogP contribution < -0.4 is 15.0 Å². The van der Waals surface area contributed by atoms with E-state index in [9.17, 15) is 4.39 Å². The number of aliphatic imine (C=N–C) groups is 1. The second-order valence-corrected chi connectivity index (χ2v) is 5.40. The lowest BCUT2D eigenvalue weighted by molar-refractivity contribution is 0.482. The first-order chi connectivity index (χ1) is 10.8. The Morgan fingerprint density at radius 2 is 1.95 bits per heavy atom. The van der Waals surface area contributed by atoms with Crippen molar-refractivity contribution in [2.45, 2.75) is 0 Å². The van der Waals surface area contributed by atoms with Gasteiger partial charge in [0, 0.05) is 44.1 Å². The Bertz CT molecular complexity index is 739. The van der Waals surface area contributed by atoms with E-state index >= 15 is 0 Å². The van der Waals surface area contributed by atoms with Crippen molar-refractivity contribution in [3.63, 3.8) is 0 Å². The highest BCUT2D eigenvalue weighted by Crippen LogP contribution is 2.39. The Morgan fingerprint density at radius 3 is 2.82 bits per heavy atom. The molecule has 4 nitrogen and oxygen atoms in total. The quantitative estimate of drug-likeness (QED) is 0.750. The lowest BCUT2D eigenvalue weighted by atomic mass is 10.1. The van der Waals surface area contributed by atoms with Crippen LogP contribution in [0.15, 0.2) is 41.4 Å². The van der Waals surface area contributed by atoms with Gasteiger partial charge in [-0.25, -0.2) is 4.39 Å². The van der Waals surface area contributed by atoms with Gasteiger partial charge in [-0.05, 0) is 24.3 Å². The van der Waals surface area contributed by atoms with Crippen LogP contribution in [0, 0.1) is 5.82 Å². The Balaban J connectivity index is 1.78. The minimum Gasteiger partial charge on any atom is -0.454 e. The molecule has 0 aliphatic carbocycles. The molecular weight excluding hydrogens is 281 g/mol. The van der Waals surface area contributed by atoms with Crippen LogP contribution in [0.3, 0.4) is 0 Å². The number of piperazine rings is 1. The lowest BCUT2D eigenvalue weighted by Gasteiger charge is -2.30. The standard InChI is InChI=1S/C17H16FN3O/c18-12-4-5-17-14(10-12)20-11-13-15(2-1-3-16(13)22-17)21-8-6-19-7-9-21/h1-5,10-11,19H,6-9H2. The summed E-state index contributed by atoms with van der Waals surface area (Å²) in [5.41, 5.74) is 2.57. The van der Waals surface area contributed by atoms with Gasteiger partial charge in [0.15, 0.2) is 5.75 Å². The molecule has 0 unspecified atom stereocenters. The fraction of sp³-hybridized carbons (Fsp3) is 0.235. The molecule has 5 heteroatoms. The first-order valence-electron chi connectivity index (χ1n) is 7.41. The molecule has 2 aromatic carbocycles. The SMILES string of the molecule is Fc1ccc2c(c1)N=Cc1c(cccc1N1CCNCC1)O2. The van der Waals surface area contributed by atoms with Crippen molar-refractivity contribution < 1.29 is 9.13 Å². The Morgan fingerprint density at radius 1 is 1.09 bits per heavy atom. The molecule has 0 radical (unpaired) electrons. The lowest BCUT2D eigenvalue weighted by Crippen LogP contribution is -2.43. The van der Waals surface area contributed by atoms with E-state index in [-0.39, 0.29) is 5.82 Å². The molecule has 2 heterocycles. The summed E-state index contributed by atoms with van der Waals surface area (Å²) in [6.45, 7) is 3.83. The molecule has 0 spiro atoms. The van der Waals surface area contributed by atoms with Gasteiger partial charge in [-0.2, -0.15) is 0 Å². The summed E-state index contributed by atoms with van der Waals surface area (Å²) in [6.07, 6.45) is 1.78. The van der Waals surface area contributed by atoms with Crippen LogP contribution >= 0.6 is 0 Å². The van der Waals surface area contributed by atoms with Gasteiger partial charge in [0.1, 0.15) is 17.3 Å². The number of nitrogens with zero attached hydrogens (tertiary/aromatic N) is 2. The van der Waals surface area contributed by atoms with Crippen molar-refractivity contribution in [2.24, 2.45) is 4.99 Å². The summed E-state index contributed by atoms with van der Waals surface area (Å²) in [5.74, 6) is 1.02. The number of nitrogens with one attached hydrogen (secondary N) is 1. The fourth-order valence-electron chi connectivity index (χ4n) is 2.86. The van der Waals surface area contributed by atoms with E-state index in [1.807, 2.05) is 12.1 Å². The largest absolute Gasteiger partial charge is 0.454 e. The molecule has 0 saturated carbocycles. The molecule has 2 aliphatic rings. The maximum Gasteiger partial charge on any atom is 0.153 e. The fourth-order valence-corrected chi connectivity index (χ4v) is 2.86. The molecule has 1 N–H and O–H groups in total. The molecule has 1 fully saturated rings. The van der Waals surface area contributed by atoms with Crippen molar-refractivity contribution in [1.29, 1.82) is 0 Å². The monoisotopic (exact) mass is 297 g/mol. The van der Waals surface area contributed by atoms with Gasteiger partial charge in [-0.1, -0.05) is 6.07 Å². The Kier molecular flexibility index (Phi) is 3.27. The molecule has 112 valence electrons. The Labute approximate surface area is 128 Å². The average molecular weight is 297 g/mol. The average Bonchev–Trinajstić information content (AvgIpc) is 2.74. The van der Waals surface area contributed by atoms with Crippen LogP contribution in [0.5, 0.6) is 11.5 Å². The number of ether oxygens (including phenoxy) is 1. The number of halogens is 1. The maximum atomic E-state index is 13.4. The van der Waals surface area contributed by atoms with Gasteiger partial charge in [-0.15, -0.1) is 0 Å². The highest BCUT2D eigenvalue weighted by molar-refractivity contribution is 5.94. The number of benzene rings is 2. The number of hydrogen-bond donors (Lipinski definition) is 1. The molecule has 0 bridgehead atoms. The normalized spacial score (nSPS) is 16.5. The Hall–Kier alpha value is -2.40. The van der Waals surface area contributed by atoms with Crippen molar-refractivity contribution in [3.8, 4) is 11.5 Å². The van der Waals surface area contributed by atoms with Crippen LogP contribution in [0.1, 0.15) is 5.56 Å². The number of hydrogen-bond acceptors (Lipinski definition) is 4. The zero-order valence-electron chi connectivity index (χ0n) is 12.1. The van der Waals surface area contributed by atoms with Gasteiger partial charge in [0.2, 0.25) is 0 Å². The molecule has 1 saturated heterocycles. The van der Waals surface area contributed by atoms with E-state index in [2.05, 4.69) is 21.3 Å². The van der Waals surface area contributed by atoms with Gasteiger partial charge in [0.25, 0.3) is 0 Å². The van der Waals surface area contributed by atoms with Crippen LogP contribution in [0.4, 0.5) is 15.8 Å². The van der Waals surface area contributed by atoms with Crippen LogP contribution in [-0.4, -0.2) is 32.4 Å². The number of anilines is 1. The molecule has 2 aromatic rings. The van der Waals surface area contributed by atoms with Gasteiger partial charge < -0.3 is 15.0 Å². The highest BCUT2D eigenvalue weighted by Gasteiger charge is 2.19. The molecule has 22 heavy (non-hydrogen) atoms. The third kappa shape index (κ3) is 2.33. The first kappa shape index (κ1) is 13.3. The number of fused-ring (bicyclic) bond motifs is 2. The van der Waals surface area contributed by atoms with Gasteiger partial charge in [0.05, 0.1) is 5.56 Å². The zero-order valence-corrected chi connectivity index (χ0v) is 12.1. The minimum atomic E-state index is -0.312.